The number of ether oxygens (including phenoxy) is 2. The summed E-state index contributed by atoms with van der Waals surface area (Å²) in [6.45, 7) is 4.59. The maximum atomic E-state index is 5.83. The van der Waals surface area contributed by atoms with Crippen molar-refractivity contribution < 1.29 is 9.47 Å². The van der Waals surface area contributed by atoms with E-state index in [-0.39, 0.29) is 0 Å². The third kappa shape index (κ3) is 6.50. The summed E-state index contributed by atoms with van der Waals surface area (Å²) in [5.41, 5.74) is 4.58. The van der Waals surface area contributed by atoms with Crippen LogP contribution in [-0.4, -0.2) is 25.0 Å². The van der Waals surface area contributed by atoms with Crippen LogP contribution in [0.1, 0.15) is 11.1 Å². The largest absolute Gasteiger partial charge is 0.496 e. The van der Waals surface area contributed by atoms with Gasteiger partial charge in [-0.3, -0.25) is 5.43 Å². The third-order valence-corrected chi connectivity index (χ3v) is 4.06. The molecule has 26 heavy (non-hydrogen) atoms. The van der Waals surface area contributed by atoms with Crippen molar-refractivity contribution in [1.29, 1.82) is 0 Å². The molecule has 7 heteroatoms. The van der Waals surface area contributed by atoms with Crippen LogP contribution in [0.3, 0.4) is 0 Å². The molecule has 0 aliphatic rings. The minimum absolute atomic E-state index is 0.388. The van der Waals surface area contributed by atoms with Crippen LogP contribution in [0.2, 0.25) is 0 Å². The minimum Gasteiger partial charge on any atom is -0.496 e. The zero-order valence-electron chi connectivity index (χ0n) is 14.4. The van der Waals surface area contributed by atoms with Crippen LogP contribution in [0.15, 0.2) is 64.7 Å². The summed E-state index contributed by atoms with van der Waals surface area (Å²) in [7, 11) is 1.64. The number of nitrogens with zero attached hydrogens (tertiary/aromatic N) is 1. The van der Waals surface area contributed by atoms with E-state index in [0.29, 0.717) is 18.3 Å². The lowest BCUT2D eigenvalue weighted by Crippen LogP contribution is -2.31. The Morgan fingerprint density at radius 2 is 2.04 bits per heavy atom. The van der Waals surface area contributed by atoms with Gasteiger partial charge in [-0.2, -0.15) is 5.10 Å². The maximum Gasteiger partial charge on any atom is 0.187 e. The molecule has 0 aliphatic heterocycles. The van der Waals surface area contributed by atoms with Gasteiger partial charge >= 0.3 is 0 Å². The number of halogens is 1. The summed E-state index contributed by atoms with van der Waals surface area (Å²) in [6.07, 6.45) is 3.41. The summed E-state index contributed by atoms with van der Waals surface area (Å²) < 4.78 is 12.2. The number of benzene rings is 2. The molecular weight excluding hydrogens is 414 g/mol. The highest BCUT2D eigenvalue weighted by molar-refractivity contribution is 9.10. The molecule has 0 bridgehead atoms. The average molecular weight is 434 g/mol. The lowest BCUT2D eigenvalue weighted by atomic mass is 10.1. The lowest BCUT2D eigenvalue weighted by Gasteiger charge is -2.11. The molecule has 0 spiro atoms. The van der Waals surface area contributed by atoms with E-state index in [4.69, 9.17) is 21.7 Å². The van der Waals surface area contributed by atoms with Crippen molar-refractivity contribution in [3.63, 3.8) is 0 Å². The molecule has 2 aromatic rings. The van der Waals surface area contributed by atoms with Gasteiger partial charge in [-0.15, -0.1) is 6.58 Å². The second-order valence-electron chi connectivity index (χ2n) is 5.18. The summed E-state index contributed by atoms with van der Waals surface area (Å²) in [6, 6.07) is 13.4. The quantitative estimate of drug-likeness (QED) is 0.285. The Morgan fingerprint density at radius 3 is 2.73 bits per heavy atom. The molecule has 0 heterocycles. The van der Waals surface area contributed by atoms with E-state index in [0.717, 1.165) is 27.1 Å². The first-order valence-corrected chi connectivity index (χ1v) is 9.05. The molecule has 0 amide bonds. The van der Waals surface area contributed by atoms with Gasteiger partial charge in [0.25, 0.3) is 0 Å². The second-order valence-corrected chi connectivity index (χ2v) is 6.51. The number of rotatable bonds is 8. The van der Waals surface area contributed by atoms with Gasteiger partial charge in [-0.1, -0.05) is 22.0 Å². The van der Waals surface area contributed by atoms with Crippen molar-refractivity contribution in [3.05, 3.63) is 70.7 Å². The number of nitrogens with one attached hydrogen (secondary N) is 2. The molecule has 5 nitrogen and oxygen atoms in total. The first-order chi connectivity index (χ1) is 12.6. The fourth-order valence-corrected chi connectivity index (χ4v) is 2.45. The lowest BCUT2D eigenvalue weighted by molar-refractivity contribution is 0.296. The molecule has 0 fully saturated rings. The predicted octanol–water partition coefficient (Wildman–Crippen LogP) is 4.02. The average Bonchev–Trinajstić information content (AvgIpc) is 2.66. The highest BCUT2D eigenvalue weighted by atomic mass is 79.9. The summed E-state index contributed by atoms with van der Waals surface area (Å²) in [5, 5.41) is 7.49. The van der Waals surface area contributed by atoms with Crippen molar-refractivity contribution in [3.8, 4) is 11.5 Å². The highest BCUT2D eigenvalue weighted by Crippen LogP contribution is 2.22. The molecule has 0 saturated heterocycles. The van der Waals surface area contributed by atoms with Crippen LogP contribution >= 0.6 is 28.1 Å². The van der Waals surface area contributed by atoms with Crippen molar-refractivity contribution in [2.75, 3.05) is 13.7 Å². The number of methoxy groups -OCH3 is 1. The summed E-state index contributed by atoms with van der Waals surface area (Å²) >= 11 is 8.49. The van der Waals surface area contributed by atoms with E-state index in [1.807, 2.05) is 42.5 Å². The van der Waals surface area contributed by atoms with Gasteiger partial charge in [0.15, 0.2) is 5.11 Å². The Hall–Kier alpha value is -2.38. The standard InChI is InChI=1S/C19H20BrN3O2S/c1-3-10-21-19(26)23-22-12-14-4-9-18(24-2)15(11-14)13-25-17-7-5-16(20)6-8-17/h3-9,11-12H,1,10,13H2,2H3,(H2,21,23,26). The second kappa shape index (κ2) is 10.6. The molecule has 2 rings (SSSR count). The Labute approximate surface area is 167 Å². The molecule has 0 aliphatic carbocycles. The van der Waals surface area contributed by atoms with Crippen LogP contribution in [0, 0.1) is 0 Å². The highest BCUT2D eigenvalue weighted by Gasteiger charge is 2.05. The first kappa shape index (κ1) is 19.9. The van der Waals surface area contributed by atoms with E-state index in [2.05, 4.69) is 38.4 Å². The molecule has 0 atom stereocenters. The fraction of sp³-hybridized carbons (Fsp3) is 0.158. The van der Waals surface area contributed by atoms with Crippen molar-refractivity contribution in [2.24, 2.45) is 5.10 Å². The van der Waals surface area contributed by atoms with Gasteiger partial charge < -0.3 is 14.8 Å². The van der Waals surface area contributed by atoms with Crippen LogP contribution in [0.5, 0.6) is 11.5 Å². The maximum absolute atomic E-state index is 5.83. The monoisotopic (exact) mass is 433 g/mol. The molecule has 0 saturated carbocycles. The molecule has 2 N–H and O–H groups in total. The predicted molar refractivity (Wildman–Crippen MR) is 113 cm³/mol. The normalized spacial score (nSPS) is 10.4. The molecule has 0 unspecified atom stereocenters. The Bertz CT molecular complexity index is 779. The topological polar surface area (TPSA) is 54.9 Å². The first-order valence-electron chi connectivity index (χ1n) is 7.85. The SMILES string of the molecule is C=CCNC(=S)NN=Cc1ccc(OC)c(COc2ccc(Br)cc2)c1. The smallest absolute Gasteiger partial charge is 0.187 e. The van der Waals surface area contributed by atoms with Crippen LogP contribution < -0.4 is 20.2 Å². The van der Waals surface area contributed by atoms with Gasteiger partial charge in [0.2, 0.25) is 0 Å². The zero-order valence-corrected chi connectivity index (χ0v) is 16.8. The molecule has 0 radical (unpaired) electrons. The van der Waals surface area contributed by atoms with Crippen molar-refractivity contribution in [2.45, 2.75) is 6.61 Å². The van der Waals surface area contributed by atoms with Crippen molar-refractivity contribution in [1.82, 2.24) is 10.7 Å². The van der Waals surface area contributed by atoms with E-state index in [1.165, 1.54) is 0 Å². The summed E-state index contributed by atoms with van der Waals surface area (Å²) in [5.74, 6) is 1.55. The van der Waals surface area contributed by atoms with Crippen LogP contribution in [0.25, 0.3) is 0 Å². The van der Waals surface area contributed by atoms with E-state index in [1.54, 1.807) is 19.4 Å². The fourth-order valence-electron chi connectivity index (χ4n) is 2.05. The van der Waals surface area contributed by atoms with Gasteiger partial charge in [-0.25, -0.2) is 0 Å². The van der Waals surface area contributed by atoms with E-state index >= 15 is 0 Å². The van der Waals surface area contributed by atoms with Crippen LogP contribution in [0.4, 0.5) is 0 Å². The number of hydrogen-bond donors (Lipinski definition) is 2. The van der Waals surface area contributed by atoms with Gasteiger partial charge in [-0.05, 0) is 60.2 Å². The molecule has 0 aromatic heterocycles. The Balaban J connectivity index is 2.01. The van der Waals surface area contributed by atoms with Crippen LogP contribution in [-0.2, 0) is 6.61 Å². The van der Waals surface area contributed by atoms with Crippen molar-refractivity contribution >= 4 is 39.5 Å². The van der Waals surface area contributed by atoms with Gasteiger partial charge in [0.1, 0.15) is 18.1 Å². The number of thiocarbonyl (C=S) groups is 1. The third-order valence-electron chi connectivity index (χ3n) is 3.30. The molecular formula is C19H20BrN3O2S. The van der Waals surface area contributed by atoms with E-state index in [9.17, 15) is 0 Å². The summed E-state index contributed by atoms with van der Waals surface area (Å²) in [4.78, 5) is 0. The van der Waals surface area contributed by atoms with Gasteiger partial charge in [0, 0.05) is 16.6 Å². The van der Waals surface area contributed by atoms with E-state index < -0.39 is 0 Å². The molecule has 136 valence electrons. The number of hydrogen-bond acceptors (Lipinski definition) is 4. The zero-order chi connectivity index (χ0) is 18.8. The number of hydrazone groups is 1. The molecule has 2 aromatic carbocycles. The van der Waals surface area contributed by atoms with Gasteiger partial charge in [0.05, 0.1) is 13.3 Å². The minimum atomic E-state index is 0.388. The Morgan fingerprint density at radius 1 is 1.27 bits per heavy atom. The Kier molecular flexibility index (Phi) is 8.11.